The highest BCUT2D eigenvalue weighted by atomic mass is 35.5. The van der Waals surface area contributed by atoms with E-state index in [4.69, 9.17) is 11.6 Å². The largest absolute Gasteiger partial charge is 0.228 e. The molecule has 0 saturated carbocycles. The van der Waals surface area contributed by atoms with E-state index in [0.717, 1.165) is 12.2 Å². The van der Waals surface area contributed by atoms with E-state index < -0.39 is 0 Å². The minimum atomic E-state index is 0.501. The third-order valence-electron chi connectivity index (χ3n) is 1.06. The minimum absolute atomic E-state index is 0.501. The van der Waals surface area contributed by atoms with E-state index in [1.54, 1.807) is 0 Å². The molecule has 1 heterocycles. The summed E-state index contributed by atoms with van der Waals surface area (Å²) in [7, 11) is 0. The number of hydrogen-bond acceptors (Lipinski definition) is 3. The zero-order valence-corrected chi connectivity index (χ0v) is 7.94. The Kier molecular flexibility index (Phi) is 3.92. The van der Waals surface area contributed by atoms with Crippen LogP contribution in [0.3, 0.4) is 0 Å². The summed E-state index contributed by atoms with van der Waals surface area (Å²) in [6.07, 6.45) is 3.80. The third kappa shape index (κ3) is 3.12. The number of thiol groups is 1. The van der Waals surface area contributed by atoms with Crippen molar-refractivity contribution in [2.45, 2.75) is 6.42 Å². The van der Waals surface area contributed by atoms with Gasteiger partial charge in [0.15, 0.2) is 0 Å². The Balaban J connectivity index is 2.66. The summed E-state index contributed by atoms with van der Waals surface area (Å²) in [5.41, 5.74) is 0. The van der Waals surface area contributed by atoms with E-state index in [1.165, 1.54) is 12.4 Å². The van der Waals surface area contributed by atoms with Crippen molar-refractivity contribution in [3.05, 3.63) is 23.2 Å². The van der Waals surface area contributed by atoms with Crippen molar-refractivity contribution in [1.29, 1.82) is 0 Å². The van der Waals surface area contributed by atoms with Crippen LogP contribution in [0, 0.1) is 11.8 Å². The van der Waals surface area contributed by atoms with Crippen LogP contribution in [0.1, 0.15) is 12.2 Å². The fraction of sp³-hybridized carbons (Fsp3) is 0.250. The van der Waals surface area contributed by atoms with Crippen molar-refractivity contribution in [1.82, 2.24) is 9.97 Å². The standard InChI is InChI=1S/C8H7ClN2S/c9-7-5-10-8(11-6-7)3-1-2-4-12/h5-6,12H,2,4H2. The van der Waals surface area contributed by atoms with E-state index in [0.29, 0.717) is 10.8 Å². The van der Waals surface area contributed by atoms with Gasteiger partial charge in [0.25, 0.3) is 0 Å². The summed E-state index contributed by atoms with van der Waals surface area (Å²) >= 11 is 9.61. The Bertz CT molecular complexity index is 299. The summed E-state index contributed by atoms with van der Waals surface area (Å²) in [5, 5.41) is 0.523. The van der Waals surface area contributed by atoms with E-state index in [1.807, 2.05) is 0 Å². The molecule has 0 saturated heterocycles. The normalized spacial score (nSPS) is 8.83. The fourth-order valence-corrected chi connectivity index (χ4v) is 0.784. The highest BCUT2D eigenvalue weighted by molar-refractivity contribution is 7.80. The van der Waals surface area contributed by atoms with E-state index >= 15 is 0 Å². The van der Waals surface area contributed by atoms with Crippen LogP contribution in [0.2, 0.25) is 5.02 Å². The van der Waals surface area contributed by atoms with Crippen LogP contribution in [0.4, 0.5) is 0 Å². The molecule has 0 unspecified atom stereocenters. The molecule has 0 aromatic carbocycles. The first-order chi connectivity index (χ1) is 5.83. The van der Waals surface area contributed by atoms with Gasteiger partial charge in [-0.2, -0.15) is 12.6 Å². The smallest absolute Gasteiger partial charge is 0.204 e. The summed E-state index contributed by atoms with van der Waals surface area (Å²) in [6.45, 7) is 0. The molecule has 0 amide bonds. The Morgan fingerprint density at radius 2 is 2.08 bits per heavy atom. The lowest BCUT2D eigenvalue weighted by Gasteiger charge is -1.87. The van der Waals surface area contributed by atoms with Crippen LogP contribution in [-0.2, 0) is 0 Å². The molecule has 0 aliphatic carbocycles. The molecule has 0 spiro atoms. The number of rotatable bonds is 1. The average Bonchev–Trinajstić information content (AvgIpc) is 2.09. The lowest BCUT2D eigenvalue weighted by atomic mass is 10.4. The molecule has 0 aliphatic rings. The maximum atomic E-state index is 5.59. The summed E-state index contributed by atoms with van der Waals surface area (Å²) in [4.78, 5) is 7.82. The Morgan fingerprint density at radius 1 is 1.42 bits per heavy atom. The molecule has 0 fully saturated rings. The summed E-state index contributed by atoms with van der Waals surface area (Å²) in [5.74, 6) is 6.92. The highest BCUT2D eigenvalue weighted by Gasteiger charge is 1.89. The van der Waals surface area contributed by atoms with Crippen molar-refractivity contribution >= 4 is 24.2 Å². The molecule has 1 aromatic heterocycles. The molecule has 2 nitrogen and oxygen atoms in total. The van der Waals surface area contributed by atoms with Crippen molar-refractivity contribution in [3.63, 3.8) is 0 Å². The highest BCUT2D eigenvalue weighted by Crippen LogP contribution is 2.01. The molecule has 0 N–H and O–H groups in total. The molecule has 0 atom stereocenters. The predicted octanol–water partition coefficient (Wildman–Crippen LogP) is 1.80. The monoisotopic (exact) mass is 198 g/mol. The van der Waals surface area contributed by atoms with Crippen LogP contribution in [0.15, 0.2) is 12.4 Å². The second-order valence-electron chi connectivity index (χ2n) is 2.00. The second-order valence-corrected chi connectivity index (χ2v) is 2.88. The first-order valence-electron chi connectivity index (χ1n) is 3.40. The zero-order chi connectivity index (χ0) is 8.81. The van der Waals surface area contributed by atoms with Gasteiger partial charge >= 0.3 is 0 Å². The topological polar surface area (TPSA) is 25.8 Å². The van der Waals surface area contributed by atoms with Gasteiger partial charge in [0.1, 0.15) is 0 Å². The molecule has 1 aromatic rings. The summed E-state index contributed by atoms with van der Waals surface area (Å²) in [6, 6.07) is 0. The molecule has 12 heavy (non-hydrogen) atoms. The van der Waals surface area contributed by atoms with Gasteiger partial charge in [-0.3, -0.25) is 0 Å². The SMILES string of the molecule is SCCC#Cc1ncc(Cl)cn1. The second kappa shape index (κ2) is 5.02. The van der Waals surface area contributed by atoms with Crippen LogP contribution in [0.25, 0.3) is 0 Å². The summed E-state index contributed by atoms with van der Waals surface area (Å²) < 4.78 is 0. The van der Waals surface area contributed by atoms with Gasteiger partial charge in [0.05, 0.1) is 17.4 Å². The van der Waals surface area contributed by atoms with Crippen molar-refractivity contribution in [3.8, 4) is 11.8 Å². The van der Waals surface area contributed by atoms with Gasteiger partial charge in [-0.25, -0.2) is 9.97 Å². The lowest BCUT2D eigenvalue weighted by Crippen LogP contribution is -1.86. The first kappa shape index (κ1) is 9.37. The Morgan fingerprint density at radius 3 is 2.67 bits per heavy atom. The number of nitrogens with zero attached hydrogens (tertiary/aromatic N) is 2. The molecule has 0 radical (unpaired) electrons. The predicted molar refractivity (Wildman–Crippen MR) is 52.4 cm³/mol. The van der Waals surface area contributed by atoms with Crippen molar-refractivity contribution < 1.29 is 0 Å². The number of hydrogen-bond donors (Lipinski definition) is 1. The molecule has 0 bridgehead atoms. The zero-order valence-electron chi connectivity index (χ0n) is 6.29. The van der Waals surface area contributed by atoms with E-state index in [-0.39, 0.29) is 0 Å². The van der Waals surface area contributed by atoms with Gasteiger partial charge in [0, 0.05) is 12.2 Å². The lowest BCUT2D eigenvalue weighted by molar-refractivity contribution is 1.12. The van der Waals surface area contributed by atoms with Gasteiger partial charge in [-0.1, -0.05) is 17.5 Å². The van der Waals surface area contributed by atoms with Crippen molar-refractivity contribution in [2.24, 2.45) is 0 Å². The van der Waals surface area contributed by atoms with Crippen LogP contribution in [0.5, 0.6) is 0 Å². The average molecular weight is 199 g/mol. The number of halogens is 1. The molecule has 62 valence electrons. The molecule has 4 heteroatoms. The first-order valence-corrected chi connectivity index (χ1v) is 4.41. The Labute approximate surface area is 81.8 Å². The van der Waals surface area contributed by atoms with Gasteiger partial charge in [-0.05, 0) is 5.92 Å². The van der Waals surface area contributed by atoms with Gasteiger partial charge in [0.2, 0.25) is 5.82 Å². The van der Waals surface area contributed by atoms with Gasteiger partial charge in [-0.15, -0.1) is 0 Å². The van der Waals surface area contributed by atoms with Crippen molar-refractivity contribution in [2.75, 3.05) is 5.75 Å². The Hall–Kier alpha value is -0.720. The van der Waals surface area contributed by atoms with E-state index in [9.17, 15) is 0 Å². The molecule has 1 rings (SSSR count). The minimum Gasteiger partial charge on any atom is -0.228 e. The molecular formula is C8H7ClN2S. The fourth-order valence-electron chi connectivity index (χ4n) is 0.574. The quantitative estimate of drug-likeness (QED) is 0.550. The van der Waals surface area contributed by atoms with Crippen LogP contribution < -0.4 is 0 Å². The third-order valence-corrected chi connectivity index (χ3v) is 1.48. The van der Waals surface area contributed by atoms with Crippen LogP contribution in [-0.4, -0.2) is 15.7 Å². The van der Waals surface area contributed by atoms with Crippen LogP contribution >= 0.6 is 24.2 Å². The maximum Gasteiger partial charge on any atom is 0.204 e. The molecular weight excluding hydrogens is 192 g/mol. The number of aromatic nitrogens is 2. The van der Waals surface area contributed by atoms with E-state index in [2.05, 4.69) is 34.4 Å². The van der Waals surface area contributed by atoms with Gasteiger partial charge < -0.3 is 0 Å². The molecule has 0 aliphatic heterocycles. The maximum absolute atomic E-state index is 5.59.